The number of rotatable bonds is 2. The number of likely N-dealkylation sites (tertiary alicyclic amines) is 1. The van der Waals surface area contributed by atoms with Crippen LogP contribution in [0.4, 0.5) is 0 Å². The first-order valence-corrected chi connectivity index (χ1v) is 5.66. The fourth-order valence-electron chi connectivity index (χ4n) is 1.92. The van der Waals surface area contributed by atoms with Crippen molar-refractivity contribution in [3.63, 3.8) is 0 Å². The second kappa shape index (κ2) is 4.62. The van der Waals surface area contributed by atoms with Gasteiger partial charge in [0.15, 0.2) is 0 Å². The summed E-state index contributed by atoms with van der Waals surface area (Å²) >= 11 is 4.93. The molecule has 17 heavy (non-hydrogen) atoms. The van der Waals surface area contributed by atoms with E-state index >= 15 is 0 Å². The zero-order chi connectivity index (χ0) is 12.4. The monoisotopic (exact) mass is 252 g/mol. The third-order valence-electron chi connectivity index (χ3n) is 2.74. The van der Waals surface area contributed by atoms with E-state index in [0.717, 1.165) is 12.8 Å². The van der Waals surface area contributed by atoms with Gasteiger partial charge in [-0.05, 0) is 18.9 Å². The molecule has 1 aliphatic heterocycles. The van der Waals surface area contributed by atoms with E-state index in [-0.39, 0.29) is 23.2 Å². The topological polar surface area (TPSA) is 92.1 Å². The van der Waals surface area contributed by atoms with Crippen molar-refractivity contribution >= 4 is 23.1 Å². The van der Waals surface area contributed by atoms with Crippen LogP contribution in [0.2, 0.25) is 0 Å². The van der Waals surface area contributed by atoms with Crippen LogP contribution >= 0.6 is 12.2 Å². The normalized spacial score (nSPS) is 19.3. The van der Waals surface area contributed by atoms with Crippen molar-refractivity contribution in [1.82, 2.24) is 15.1 Å². The molecule has 3 N–H and O–H groups in total. The van der Waals surface area contributed by atoms with Gasteiger partial charge in [0.2, 0.25) is 0 Å². The van der Waals surface area contributed by atoms with Crippen molar-refractivity contribution < 1.29 is 4.79 Å². The van der Waals surface area contributed by atoms with E-state index in [9.17, 15) is 9.59 Å². The van der Waals surface area contributed by atoms with Gasteiger partial charge in [-0.25, -0.2) is 5.10 Å². The number of H-pyrrole nitrogens is 1. The van der Waals surface area contributed by atoms with Gasteiger partial charge in [0.1, 0.15) is 5.69 Å². The second-order valence-corrected chi connectivity index (χ2v) is 4.34. The number of carbonyl (C=O) groups is 1. The van der Waals surface area contributed by atoms with Gasteiger partial charge in [-0.2, -0.15) is 5.10 Å². The highest BCUT2D eigenvalue weighted by molar-refractivity contribution is 7.80. The Balaban J connectivity index is 2.22. The summed E-state index contributed by atoms with van der Waals surface area (Å²) in [7, 11) is 0. The number of aromatic nitrogens is 2. The number of nitrogens with zero attached hydrogens (tertiary/aromatic N) is 2. The van der Waals surface area contributed by atoms with Crippen molar-refractivity contribution in [2.75, 3.05) is 6.54 Å². The summed E-state index contributed by atoms with van der Waals surface area (Å²) in [5, 5.41) is 5.93. The van der Waals surface area contributed by atoms with Gasteiger partial charge in [-0.3, -0.25) is 9.59 Å². The molecule has 90 valence electrons. The van der Waals surface area contributed by atoms with Gasteiger partial charge in [-0.15, -0.1) is 0 Å². The highest BCUT2D eigenvalue weighted by Gasteiger charge is 2.31. The zero-order valence-corrected chi connectivity index (χ0v) is 9.87. The minimum absolute atomic E-state index is 0.202. The number of amides is 1. The van der Waals surface area contributed by atoms with Crippen molar-refractivity contribution in [2.24, 2.45) is 5.73 Å². The second-order valence-electron chi connectivity index (χ2n) is 3.87. The molecule has 0 aliphatic carbocycles. The van der Waals surface area contributed by atoms with Crippen molar-refractivity contribution in [2.45, 2.75) is 18.9 Å². The molecule has 1 aliphatic rings. The van der Waals surface area contributed by atoms with Crippen LogP contribution in [0, 0.1) is 0 Å². The quantitative estimate of drug-likeness (QED) is 0.703. The fraction of sp³-hybridized carbons (Fsp3) is 0.400. The first kappa shape index (κ1) is 11.7. The standard InChI is InChI=1S/C10H12N4O2S/c11-9(17)7-2-1-5-14(7)10(16)6-3-4-8(15)13-12-6/h3-4,7H,1-2,5H2,(H2,11,17)(H,13,15). The van der Waals surface area contributed by atoms with Gasteiger partial charge in [0.25, 0.3) is 11.5 Å². The summed E-state index contributed by atoms with van der Waals surface area (Å²) < 4.78 is 0. The third kappa shape index (κ3) is 2.33. The number of thiocarbonyl (C=S) groups is 1. The molecule has 0 saturated carbocycles. The molecule has 1 atom stereocenters. The molecule has 0 spiro atoms. The van der Waals surface area contributed by atoms with E-state index in [1.54, 1.807) is 4.90 Å². The van der Waals surface area contributed by atoms with Crippen LogP contribution in [-0.2, 0) is 0 Å². The highest BCUT2D eigenvalue weighted by Crippen LogP contribution is 2.19. The SMILES string of the molecule is NC(=S)C1CCCN1C(=O)c1ccc(=O)[nH]n1. The lowest BCUT2D eigenvalue weighted by molar-refractivity contribution is 0.0763. The van der Waals surface area contributed by atoms with Crippen LogP contribution in [0.3, 0.4) is 0 Å². The number of carbonyl (C=O) groups excluding carboxylic acids is 1. The number of hydrogen-bond acceptors (Lipinski definition) is 4. The van der Waals surface area contributed by atoms with Crippen LogP contribution in [0.5, 0.6) is 0 Å². The Morgan fingerprint density at radius 3 is 2.94 bits per heavy atom. The molecule has 2 rings (SSSR count). The Labute approximate surface area is 103 Å². The maximum absolute atomic E-state index is 12.1. The summed E-state index contributed by atoms with van der Waals surface area (Å²) in [5.74, 6) is -0.253. The average Bonchev–Trinajstić information content (AvgIpc) is 2.78. The highest BCUT2D eigenvalue weighted by atomic mass is 32.1. The third-order valence-corrected chi connectivity index (χ3v) is 3.01. The van der Waals surface area contributed by atoms with Crippen LogP contribution < -0.4 is 11.3 Å². The molecule has 0 radical (unpaired) electrons. The first-order valence-electron chi connectivity index (χ1n) is 5.25. The summed E-state index contributed by atoms with van der Waals surface area (Å²) in [6.07, 6.45) is 1.65. The molecular weight excluding hydrogens is 240 g/mol. The maximum atomic E-state index is 12.1. The lowest BCUT2D eigenvalue weighted by Crippen LogP contribution is -2.43. The summed E-state index contributed by atoms with van der Waals surface area (Å²) in [6.45, 7) is 0.613. The van der Waals surface area contributed by atoms with Crippen molar-refractivity contribution in [3.05, 3.63) is 28.2 Å². The lowest BCUT2D eigenvalue weighted by Gasteiger charge is -2.22. The van der Waals surface area contributed by atoms with E-state index in [4.69, 9.17) is 18.0 Å². The molecule has 6 nitrogen and oxygen atoms in total. The molecule has 0 aromatic carbocycles. The van der Waals surface area contributed by atoms with E-state index in [2.05, 4.69) is 10.2 Å². The maximum Gasteiger partial charge on any atom is 0.274 e. The van der Waals surface area contributed by atoms with E-state index < -0.39 is 0 Å². The van der Waals surface area contributed by atoms with Gasteiger partial charge in [-0.1, -0.05) is 12.2 Å². The average molecular weight is 252 g/mol. The molecule has 1 amide bonds. The molecule has 1 unspecified atom stereocenters. The van der Waals surface area contributed by atoms with Crippen LogP contribution in [0.25, 0.3) is 0 Å². The molecule has 2 heterocycles. The summed E-state index contributed by atoms with van der Waals surface area (Å²) in [6, 6.07) is 2.47. The molecule has 1 fully saturated rings. The van der Waals surface area contributed by atoms with E-state index in [1.807, 2.05) is 0 Å². The van der Waals surface area contributed by atoms with E-state index in [0.29, 0.717) is 11.5 Å². The van der Waals surface area contributed by atoms with Crippen LogP contribution in [-0.4, -0.2) is 38.6 Å². The minimum atomic E-state index is -0.339. The minimum Gasteiger partial charge on any atom is -0.392 e. The number of hydrogen-bond donors (Lipinski definition) is 2. The largest absolute Gasteiger partial charge is 0.392 e. The molecule has 1 aromatic rings. The lowest BCUT2D eigenvalue weighted by atomic mass is 10.2. The number of nitrogens with one attached hydrogen (secondary N) is 1. The number of nitrogens with two attached hydrogens (primary N) is 1. The Morgan fingerprint density at radius 1 is 1.59 bits per heavy atom. The first-order chi connectivity index (χ1) is 8.09. The molecule has 7 heteroatoms. The smallest absolute Gasteiger partial charge is 0.274 e. The summed E-state index contributed by atoms with van der Waals surface area (Å²) in [4.78, 5) is 24.9. The Bertz CT molecular complexity index is 493. The Kier molecular flexibility index (Phi) is 3.19. The predicted molar refractivity (Wildman–Crippen MR) is 65.7 cm³/mol. The van der Waals surface area contributed by atoms with Gasteiger partial charge in [0.05, 0.1) is 11.0 Å². The van der Waals surface area contributed by atoms with E-state index in [1.165, 1.54) is 12.1 Å². The molecule has 1 saturated heterocycles. The van der Waals surface area contributed by atoms with Crippen molar-refractivity contribution in [3.8, 4) is 0 Å². The van der Waals surface area contributed by atoms with Gasteiger partial charge >= 0.3 is 0 Å². The zero-order valence-electron chi connectivity index (χ0n) is 9.05. The molecule has 1 aromatic heterocycles. The number of aromatic amines is 1. The Morgan fingerprint density at radius 2 is 2.35 bits per heavy atom. The van der Waals surface area contributed by atoms with Gasteiger partial charge in [0, 0.05) is 12.6 Å². The van der Waals surface area contributed by atoms with Crippen molar-refractivity contribution in [1.29, 1.82) is 0 Å². The van der Waals surface area contributed by atoms with Crippen LogP contribution in [0.1, 0.15) is 23.3 Å². The Hall–Kier alpha value is -1.76. The van der Waals surface area contributed by atoms with Gasteiger partial charge < -0.3 is 10.6 Å². The molecular formula is C10H12N4O2S. The molecule has 0 bridgehead atoms. The summed E-state index contributed by atoms with van der Waals surface area (Å²) in [5.41, 5.74) is 5.45. The van der Waals surface area contributed by atoms with Crippen LogP contribution in [0.15, 0.2) is 16.9 Å². The fourth-order valence-corrected chi connectivity index (χ4v) is 2.16. The predicted octanol–water partition coefficient (Wildman–Crippen LogP) is -0.339.